The largest absolute Gasteiger partial charge is 0.573 e. The Bertz CT molecular complexity index is 694. The highest BCUT2D eigenvalue weighted by atomic mass is 19.4. The smallest absolute Gasteiger partial charge is 0.405 e. The van der Waals surface area contributed by atoms with E-state index in [1.54, 1.807) is 0 Å². The molecule has 0 radical (unpaired) electrons. The molecule has 0 N–H and O–H groups in total. The second-order valence-corrected chi connectivity index (χ2v) is 3.99. The van der Waals surface area contributed by atoms with E-state index in [1.165, 1.54) is 0 Å². The number of rotatable bonds is 2. The van der Waals surface area contributed by atoms with Crippen LogP contribution in [0.1, 0.15) is 0 Å². The van der Waals surface area contributed by atoms with Gasteiger partial charge in [0.25, 0.3) is 0 Å². The fraction of sp³-hybridized carbons (Fsp3) is 0.0769. The number of halogens is 8. The van der Waals surface area contributed by atoms with E-state index >= 15 is 0 Å². The minimum Gasteiger partial charge on any atom is -0.405 e. The van der Waals surface area contributed by atoms with E-state index in [9.17, 15) is 35.1 Å². The number of para-hydroxylation sites is 1. The summed E-state index contributed by atoms with van der Waals surface area (Å²) in [6, 6.07) is 3.51. The Hall–Kier alpha value is -2.32. The second-order valence-electron chi connectivity index (χ2n) is 3.99. The maximum absolute atomic E-state index is 13.6. The lowest BCUT2D eigenvalue weighted by Gasteiger charge is -2.15. The van der Waals surface area contributed by atoms with Gasteiger partial charge in [0, 0.05) is 5.56 Å². The summed E-state index contributed by atoms with van der Waals surface area (Å²) in [5, 5.41) is 0. The van der Waals surface area contributed by atoms with Crippen molar-refractivity contribution in [1.29, 1.82) is 0 Å². The quantitative estimate of drug-likeness (QED) is 0.431. The molecule has 0 aliphatic rings. The number of hydrogen-bond donors (Lipinski definition) is 0. The minimum absolute atomic E-state index is 0.681. The van der Waals surface area contributed by atoms with Gasteiger partial charge in [-0.2, -0.15) is 0 Å². The van der Waals surface area contributed by atoms with E-state index in [1.807, 2.05) is 0 Å². The van der Waals surface area contributed by atoms with Gasteiger partial charge in [-0.15, -0.1) is 13.2 Å². The van der Waals surface area contributed by atoms with Crippen LogP contribution in [-0.4, -0.2) is 6.36 Å². The Morgan fingerprint density at radius 3 is 1.64 bits per heavy atom. The van der Waals surface area contributed by atoms with E-state index in [4.69, 9.17) is 0 Å². The highest BCUT2D eigenvalue weighted by Gasteiger charge is 2.34. The van der Waals surface area contributed by atoms with Crippen LogP contribution >= 0.6 is 0 Å². The summed E-state index contributed by atoms with van der Waals surface area (Å²) >= 11 is 0. The normalized spacial score (nSPS) is 11.6. The van der Waals surface area contributed by atoms with Crippen LogP contribution in [0, 0.1) is 29.1 Å². The lowest BCUT2D eigenvalue weighted by Crippen LogP contribution is -2.18. The van der Waals surface area contributed by atoms with Gasteiger partial charge in [-0.3, -0.25) is 0 Å². The molecular formula is C13H4F8O. The molecule has 0 aliphatic carbocycles. The van der Waals surface area contributed by atoms with E-state index in [-0.39, 0.29) is 0 Å². The molecule has 9 heteroatoms. The molecule has 0 bridgehead atoms. The third-order valence-corrected chi connectivity index (χ3v) is 2.59. The first-order valence-corrected chi connectivity index (χ1v) is 5.50. The molecule has 0 saturated heterocycles. The molecule has 1 nitrogen and oxygen atoms in total. The second kappa shape index (κ2) is 5.47. The molecule has 0 atom stereocenters. The third kappa shape index (κ3) is 2.83. The van der Waals surface area contributed by atoms with Crippen LogP contribution in [0.5, 0.6) is 5.75 Å². The first-order valence-electron chi connectivity index (χ1n) is 5.50. The fourth-order valence-corrected chi connectivity index (χ4v) is 1.73. The Morgan fingerprint density at radius 2 is 1.14 bits per heavy atom. The molecule has 0 saturated carbocycles. The monoisotopic (exact) mass is 328 g/mol. The molecule has 0 heterocycles. The average molecular weight is 328 g/mol. The molecule has 0 aromatic heterocycles. The highest BCUT2D eigenvalue weighted by molar-refractivity contribution is 5.71. The Balaban J connectivity index is 2.74. The molecule has 118 valence electrons. The number of benzene rings is 2. The molecule has 0 aliphatic heterocycles. The number of ether oxygens (including phenoxy) is 1. The predicted molar refractivity (Wildman–Crippen MR) is 58.4 cm³/mol. The van der Waals surface area contributed by atoms with Gasteiger partial charge in [-0.1, -0.05) is 18.2 Å². The average Bonchev–Trinajstić information content (AvgIpc) is 2.43. The molecule has 0 unspecified atom stereocenters. The summed E-state index contributed by atoms with van der Waals surface area (Å²) in [4.78, 5) is 0. The van der Waals surface area contributed by atoms with Gasteiger partial charge in [0.2, 0.25) is 5.82 Å². The Labute approximate surface area is 117 Å². The summed E-state index contributed by atoms with van der Waals surface area (Å²) in [6.07, 6.45) is -5.21. The third-order valence-electron chi connectivity index (χ3n) is 2.59. The van der Waals surface area contributed by atoms with Crippen molar-refractivity contribution in [2.75, 3.05) is 0 Å². The van der Waals surface area contributed by atoms with Gasteiger partial charge >= 0.3 is 6.36 Å². The molecule has 0 fully saturated rings. The summed E-state index contributed by atoms with van der Waals surface area (Å²) in [6.45, 7) is 0. The Morgan fingerprint density at radius 1 is 0.682 bits per heavy atom. The first kappa shape index (κ1) is 16.1. The van der Waals surface area contributed by atoms with Crippen LogP contribution in [0.4, 0.5) is 35.1 Å². The number of alkyl halides is 3. The van der Waals surface area contributed by atoms with Crippen LogP contribution in [0.25, 0.3) is 11.1 Å². The predicted octanol–water partition coefficient (Wildman–Crippen LogP) is 4.95. The van der Waals surface area contributed by atoms with Crippen LogP contribution in [0.3, 0.4) is 0 Å². The molecule has 2 aromatic rings. The molecule has 0 spiro atoms. The standard InChI is InChI=1S/C13H4F8O/c14-8-7(9(15)11(17)12(18)10(8)16)5-3-1-2-4-6(5)22-13(19,20)21/h1-4H. The summed E-state index contributed by atoms with van der Waals surface area (Å²) < 4.78 is 107. The van der Waals surface area contributed by atoms with E-state index in [2.05, 4.69) is 4.74 Å². The minimum atomic E-state index is -5.21. The van der Waals surface area contributed by atoms with E-state index in [0.29, 0.717) is 6.07 Å². The maximum atomic E-state index is 13.6. The van der Waals surface area contributed by atoms with Crippen molar-refractivity contribution in [2.45, 2.75) is 6.36 Å². The zero-order valence-electron chi connectivity index (χ0n) is 10.2. The summed E-state index contributed by atoms with van der Waals surface area (Å²) in [5.41, 5.74) is -2.43. The molecule has 0 amide bonds. The van der Waals surface area contributed by atoms with Gasteiger partial charge in [0.15, 0.2) is 23.3 Å². The molecule has 2 aromatic carbocycles. The van der Waals surface area contributed by atoms with Gasteiger partial charge in [0.05, 0.1) is 5.56 Å². The fourth-order valence-electron chi connectivity index (χ4n) is 1.73. The summed E-state index contributed by atoms with van der Waals surface area (Å²) in [5.74, 6) is -12.6. The zero-order valence-corrected chi connectivity index (χ0v) is 10.2. The topological polar surface area (TPSA) is 9.23 Å². The lowest BCUT2D eigenvalue weighted by atomic mass is 10.0. The zero-order chi connectivity index (χ0) is 16.7. The first-order chi connectivity index (χ1) is 10.1. The van der Waals surface area contributed by atoms with E-state index in [0.717, 1.165) is 18.2 Å². The molecule has 2 rings (SSSR count). The lowest BCUT2D eigenvalue weighted by molar-refractivity contribution is -0.274. The Kier molecular flexibility index (Phi) is 3.99. The maximum Gasteiger partial charge on any atom is 0.573 e. The van der Waals surface area contributed by atoms with Gasteiger partial charge in [0.1, 0.15) is 5.75 Å². The van der Waals surface area contributed by atoms with Gasteiger partial charge < -0.3 is 4.74 Å². The van der Waals surface area contributed by atoms with Crippen LogP contribution in [-0.2, 0) is 0 Å². The summed E-state index contributed by atoms with van der Waals surface area (Å²) in [7, 11) is 0. The molecular weight excluding hydrogens is 324 g/mol. The van der Waals surface area contributed by atoms with Gasteiger partial charge in [-0.25, -0.2) is 22.0 Å². The SMILES string of the molecule is Fc1c(F)c(F)c(-c2ccccc2OC(F)(F)F)c(F)c1F. The highest BCUT2D eigenvalue weighted by Crippen LogP contribution is 2.38. The molecule has 22 heavy (non-hydrogen) atoms. The van der Waals surface area contributed by atoms with Crippen molar-refractivity contribution in [3.8, 4) is 16.9 Å². The van der Waals surface area contributed by atoms with Crippen molar-refractivity contribution in [1.82, 2.24) is 0 Å². The van der Waals surface area contributed by atoms with Gasteiger partial charge in [-0.05, 0) is 6.07 Å². The number of hydrogen-bond acceptors (Lipinski definition) is 1. The van der Waals surface area contributed by atoms with Crippen LogP contribution in [0.2, 0.25) is 0 Å². The van der Waals surface area contributed by atoms with Crippen LogP contribution < -0.4 is 4.74 Å². The van der Waals surface area contributed by atoms with Crippen molar-refractivity contribution < 1.29 is 39.9 Å². The van der Waals surface area contributed by atoms with Crippen molar-refractivity contribution in [3.63, 3.8) is 0 Å². The van der Waals surface area contributed by atoms with E-state index < -0.39 is 52.3 Å². The van der Waals surface area contributed by atoms with Crippen molar-refractivity contribution in [3.05, 3.63) is 53.4 Å². The van der Waals surface area contributed by atoms with Crippen LogP contribution in [0.15, 0.2) is 24.3 Å². The van der Waals surface area contributed by atoms with Crippen molar-refractivity contribution >= 4 is 0 Å². The van der Waals surface area contributed by atoms with Crippen molar-refractivity contribution in [2.24, 2.45) is 0 Å².